The minimum atomic E-state index is -6.65. The molecule has 1 rings (SSSR count). The molecule has 0 amide bonds. The molecule has 18 heteroatoms. The summed E-state index contributed by atoms with van der Waals surface area (Å²) in [4.78, 5) is 36.3. The Kier molecular flexibility index (Phi) is 10.8. The van der Waals surface area contributed by atoms with E-state index in [9.17, 15) is 67.1 Å². The SMILES string of the molecule is C=C(C)C(=O)OC1CC(C(OC(=O)C(C)C)(C(F)(F)F)C(F)(F)F)CC(C(OC(=O)C(C)C)(C(F)(F)F)C(F)(F)F)C1. The monoisotopic (exact) mass is 640 g/mol. The lowest BCUT2D eigenvalue weighted by atomic mass is 9.65. The highest BCUT2D eigenvalue weighted by Crippen LogP contribution is 2.60. The summed E-state index contributed by atoms with van der Waals surface area (Å²) in [5.74, 6) is -16.0. The largest absolute Gasteiger partial charge is 0.459 e. The van der Waals surface area contributed by atoms with Gasteiger partial charge in [0, 0.05) is 17.4 Å². The van der Waals surface area contributed by atoms with Crippen molar-refractivity contribution in [3.05, 3.63) is 12.2 Å². The molecule has 1 aliphatic carbocycles. The number of rotatable bonds is 8. The maximum atomic E-state index is 14.4. The summed E-state index contributed by atoms with van der Waals surface area (Å²) < 4.78 is 185. The van der Waals surface area contributed by atoms with E-state index in [1.165, 1.54) is 0 Å². The van der Waals surface area contributed by atoms with Crippen LogP contribution in [0.25, 0.3) is 0 Å². The smallest absolute Gasteiger partial charge is 0.437 e. The molecule has 2 unspecified atom stereocenters. The zero-order valence-electron chi connectivity index (χ0n) is 22.7. The Bertz CT molecular complexity index is 929. The molecule has 1 saturated carbocycles. The number of ether oxygens (including phenoxy) is 3. The second kappa shape index (κ2) is 12.1. The number of esters is 3. The molecule has 2 atom stereocenters. The van der Waals surface area contributed by atoms with Crippen LogP contribution in [0, 0.1) is 23.7 Å². The van der Waals surface area contributed by atoms with Crippen molar-refractivity contribution in [2.45, 2.75) is 95.9 Å². The number of carbonyl (C=O) groups excluding carboxylic acids is 3. The Morgan fingerprint density at radius 2 is 0.905 bits per heavy atom. The van der Waals surface area contributed by atoms with E-state index < -0.39 is 108 Å². The molecule has 244 valence electrons. The molecule has 0 aromatic rings. The minimum Gasteiger partial charge on any atom is -0.459 e. The molecule has 0 N–H and O–H groups in total. The average Bonchev–Trinajstić information content (AvgIpc) is 2.76. The molecule has 1 fully saturated rings. The molecule has 0 aromatic carbocycles. The quantitative estimate of drug-likeness (QED) is 0.123. The van der Waals surface area contributed by atoms with Gasteiger partial charge in [0.2, 0.25) is 0 Å². The van der Waals surface area contributed by atoms with Gasteiger partial charge in [-0.1, -0.05) is 34.3 Å². The molecule has 1 aliphatic rings. The second-order valence-corrected chi connectivity index (χ2v) is 10.5. The molecule has 0 heterocycles. The molecule has 0 spiro atoms. The fourth-order valence-electron chi connectivity index (χ4n) is 4.48. The predicted molar refractivity (Wildman–Crippen MR) is 117 cm³/mol. The molecule has 0 saturated heterocycles. The van der Waals surface area contributed by atoms with Crippen molar-refractivity contribution in [2.75, 3.05) is 0 Å². The molecule has 0 aromatic heterocycles. The summed E-state index contributed by atoms with van der Waals surface area (Å²) in [6.45, 7) is 7.32. The first-order valence-electron chi connectivity index (χ1n) is 12.2. The standard InChI is InChI=1S/C24H28F12O6/c1-10(2)16(37)40-15-8-13(19(21(25,26)27,22(28,29)30)41-17(38)11(3)4)7-14(9-15)20(23(31,32)33,24(34,35)36)42-18(39)12(5)6/h11-15H,1,7-9H2,2-6H3. The van der Waals surface area contributed by atoms with E-state index in [-0.39, 0.29) is 0 Å². The van der Waals surface area contributed by atoms with Crippen LogP contribution in [0.3, 0.4) is 0 Å². The Morgan fingerprint density at radius 3 is 1.12 bits per heavy atom. The van der Waals surface area contributed by atoms with E-state index in [1.54, 1.807) is 0 Å². The Balaban J connectivity index is 4.16. The van der Waals surface area contributed by atoms with E-state index in [4.69, 9.17) is 0 Å². The summed E-state index contributed by atoms with van der Waals surface area (Å²) in [6.07, 6.45) is -34.6. The zero-order valence-corrected chi connectivity index (χ0v) is 22.7. The van der Waals surface area contributed by atoms with Crippen molar-refractivity contribution in [3.8, 4) is 0 Å². The number of halogens is 12. The molecule has 42 heavy (non-hydrogen) atoms. The topological polar surface area (TPSA) is 78.9 Å². The van der Waals surface area contributed by atoms with E-state index in [0.29, 0.717) is 0 Å². The van der Waals surface area contributed by atoms with Gasteiger partial charge in [-0.05, 0) is 26.2 Å². The van der Waals surface area contributed by atoms with Crippen molar-refractivity contribution in [1.29, 1.82) is 0 Å². The molecule has 0 radical (unpaired) electrons. The van der Waals surface area contributed by atoms with E-state index in [2.05, 4.69) is 20.8 Å². The summed E-state index contributed by atoms with van der Waals surface area (Å²) >= 11 is 0. The van der Waals surface area contributed by atoms with Gasteiger partial charge in [-0.15, -0.1) is 0 Å². The third kappa shape index (κ3) is 7.09. The van der Waals surface area contributed by atoms with Gasteiger partial charge in [0.05, 0.1) is 11.8 Å². The molecule has 6 nitrogen and oxygen atoms in total. The highest BCUT2D eigenvalue weighted by atomic mass is 19.4. The third-order valence-electron chi connectivity index (χ3n) is 6.59. The molecule has 0 aliphatic heterocycles. The minimum absolute atomic E-state index is 0.554. The van der Waals surface area contributed by atoms with Crippen LogP contribution in [0.2, 0.25) is 0 Å². The number of carbonyl (C=O) groups is 3. The Labute approximate surface area is 231 Å². The zero-order chi connectivity index (χ0) is 33.4. The van der Waals surface area contributed by atoms with E-state index in [0.717, 1.165) is 34.6 Å². The van der Waals surface area contributed by atoms with Gasteiger partial charge >= 0.3 is 53.8 Å². The maximum Gasteiger partial charge on any atom is 0.437 e. The highest BCUT2D eigenvalue weighted by molar-refractivity contribution is 5.87. The van der Waals surface area contributed by atoms with Gasteiger partial charge in [0.15, 0.2) is 0 Å². The first-order chi connectivity index (χ1) is 18.6. The summed E-state index contributed by atoms with van der Waals surface area (Å²) in [6, 6.07) is 0. The normalized spacial score (nSPS) is 21.3. The van der Waals surface area contributed by atoms with Crippen LogP contribution in [0.15, 0.2) is 12.2 Å². The Morgan fingerprint density at radius 1 is 0.619 bits per heavy atom. The fraction of sp³-hybridized carbons (Fsp3) is 0.792. The first kappa shape index (κ1) is 37.3. The Hall–Kier alpha value is -2.69. The third-order valence-corrected chi connectivity index (χ3v) is 6.59. The van der Waals surface area contributed by atoms with Gasteiger partial charge in [-0.2, -0.15) is 52.7 Å². The molecular formula is C24H28F12O6. The van der Waals surface area contributed by atoms with Crippen LogP contribution < -0.4 is 0 Å². The maximum absolute atomic E-state index is 14.4. The van der Waals surface area contributed by atoms with E-state index >= 15 is 0 Å². The van der Waals surface area contributed by atoms with Gasteiger partial charge in [-0.3, -0.25) is 9.59 Å². The predicted octanol–water partition coefficient (Wildman–Crippen LogP) is 7.02. The highest BCUT2D eigenvalue weighted by Gasteiger charge is 2.82. The second-order valence-electron chi connectivity index (χ2n) is 10.5. The number of hydrogen-bond acceptors (Lipinski definition) is 6. The van der Waals surface area contributed by atoms with Crippen molar-refractivity contribution in [3.63, 3.8) is 0 Å². The summed E-state index contributed by atoms with van der Waals surface area (Å²) in [5, 5.41) is 0. The van der Waals surface area contributed by atoms with Crippen LogP contribution in [-0.2, 0) is 28.6 Å². The van der Waals surface area contributed by atoms with E-state index in [1.807, 2.05) is 0 Å². The van der Waals surface area contributed by atoms with Crippen LogP contribution in [-0.4, -0.2) is 59.9 Å². The van der Waals surface area contributed by atoms with Crippen molar-refractivity contribution < 1.29 is 81.3 Å². The average molecular weight is 640 g/mol. The lowest BCUT2D eigenvalue weighted by Crippen LogP contribution is -2.69. The van der Waals surface area contributed by atoms with Crippen LogP contribution in [0.5, 0.6) is 0 Å². The van der Waals surface area contributed by atoms with Crippen LogP contribution >= 0.6 is 0 Å². The van der Waals surface area contributed by atoms with Gasteiger partial charge < -0.3 is 14.2 Å². The van der Waals surface area contributed by atoms with Crippen molar-refractivity contribution in [2.24, 2.45) is 23.7 Å². The first-order valence-corrected chi connectivity index (χ1v) is 12.2. The number of alkyl halides is 12. The molecular weight excluding hydrogens is 612 g/mol. The lowest BCUT2D eigenvalue weighted by molar-refractivity contribution is -0.406. The summed E-state index contributed by atoms with van der Waals surface area (Å²) in [5.41, 5.74) is -11.9. The lowest BCUT2D eigenvalue weighted by Gasteiger charge is -2.50. The molecule has 0 bridgehead atoms. The fourth-order valence-corrected chi connectivity index (χ4v) is 4.48. The van der Waals surface area contributed by atoms with Crippen LogP contribution in [0.4, 0.5) is 52.7 Å². The van der Waals surface area contributed by atoms with Gasteiger partial charge in [0.1, 0.15) is 6.10 Å². The van der Waals surface area contributed by atoms with Crippen molar-refractivity contribution >= 4 is 17.9 Å². The number of hydrogen-bond donors (Lipinski definition) is 0. The van der Waals surface area contributed by atoms with Crippen molar-refractivity contribution in [1.82, 2.24) is 0 Å². The van der Waals surface area contributed by atoms with Crippen LogP contribution in [0.1, 0.15) is 53.9 Å². The van der Waals surface area contributed by atoms with Gasteiger partial charge in [-0.25, -0.2) is 4.79 Å². The van der Waals surface area contributed by atoms with Gasteiger partial charge in [0.25, 0.3) is 0 Å². The summed E-state index contributed by atoms with van der Waals surface area (Å²) in [7, 11) is 0.